The summed E-state index contributed by atoms with van der Waals surface area (Å²) in [5.41, 5.74) is 0.200. The summed E-state index contributed by atoms with van der Waals surface area (Å²) in [7, 11) is 0. The second-order valence-corrected chi connectivity index (χ2v) is 5.50. The van der Waals surface area contributed by atoms with Crippen LogP contribution in [0.2, 0.25) is 0 Å². The largest absolute Gasteiger partial charge is 0.385 e. The van der Waals surface area contributed by atoms with Gasteiger partial charge < -0.3 is 5.11 Å². The predicted octanol–water partition coefficient (Wildman–Crippen LogP) is 2.32. The van der Waals surface area contributed by atoms with Gasteiger partial charge in [0.05, 0.1) is 5.60 Å². The van der Waals surface area contributed by atoms with Crippen molar-refractivity contribution in [2.24, 2.45) is 17.8 Å². The maximum atomic E-state index is 11.5. The molecule has 0 amide bonds. The molecule has 1 N–H and O–H groups in total. The Kier molecular flexibility index (Phi) is 2.50. The smallest absolute Gasteiger partial charge is 0.158 e. The highest BCUT2D eigenvalue weighted by molar-refractivity contribution is 5.95. The number of hydrogen-bond donors (Lipinski definition) is 1. The lowest BCUT2D eigenvalue weighted by atomic mass is 9.66. The van der Waals surface area contributed by atoms with Gasteiger partial charge in [0.25, 0.3) is 0 Å². The third-order valence-corrected chi connectivity index (χ3v) is 4.19. The molecule has 2 aliphatic carbocycles. The maximum absolute atomic E-state index is 11.5. The Labute approximate surface area is 91.4 Å². The van der Waals surface area contributed by atoms with Crippen LogP contribution >= 0.6 is 0 Å². The summed E-state index contributed by atoms with van der Waals surface area (Å²) in [5.74, 6) is 1.25. The minimum atomic E-state index is -0.815. The summed E-state index contributed by atoms with van der Waals surface area (Å²) in [6.45, 7) is 6.40. The lowest BCUT2D eigenvalue weighted by Gasteiger charge is -2.42. The highest BCUT2D eigenvalue weighted by Crippen LogP contribution is 2.48. The average Bonchev–Trinajstić information content (AvgIpc) is 2.42. The average molecular weight is 208 g/mol. The van der Waals surface area contributed by atoms with E-state index in [2.05, 4.69) is 20.8 Å². The number of ketones is 1. The first-order chi connectivity index (χ1) is 6.95. The zero-order chi connectivity index (χ0) is 11.2. The van der Waals surface area contributed by atoms with E-state index in [1.807, 2.05) is 0 Å². The van der Waals surface area contributed by atoms with Crippen molar-refractivity contribution < 1.29 is 9.90 Å². The topological polar surface area (TPSA) is 37.3 Å². The predicted molar refractivity (Wildman–Crippen MR) is 59.4 cm³/mol. The molecule has 2 rings (SSSR count). The standard InChI is InChI=1S/C13H20O2/c1-8(2)11-5-4-9(3)13(15)7-10(14)6-12(11)13/h6,8-9,11,15H,4-5,7H2,1-3H3/t9-,11+,13-/m1/s1. The first-order valence-electron chi connectivity index (χ1n) is 5.92. The van der Waals surface area contributed by atoms with Crippen LogP contribution in [0.5, 0.6) is 0 Å². The Hall–Kier alpha value is -0.630. The summed E-state index contributed by atoms with van der Waals surface area (Å²) in [4.78, 5) is 11.5. The molecule has 2 nitrogen and oxygen atoms in total. The molecule has 0 aromatic rings. The first kappa shape index (κ1) is 10.9. The van der Waals surface area contributed by atoms with Crippen molar-refractivity contribution in [2.45, 2.75) is 45.6 Å². The molecule has 0 aromatic carbocycles. The van der Waals surface area contributed by atoms with Gasteiger partial charge in [-0.3, -0.25) is 4.79 Å². The molecule has 0 bridgehead atoms. The summed E-state index contributed by atoms with van der Waals surface area (Å²) in [6.07, 6.45) is 4.16. The Morgan fingerprint density at radius 2 is 2.13 bits per heavy atom. The van der Waals surface area contributed by atoms with E-state index in [9.17, 15) is 9.90 Å². The van der Waals surface area contributed by atoms with Gasteiger partial charge in [0, 0.05) is 6.42 Å². The third-order valence-electron chi connectivity index (χ3n) is 4.19. The highest BCUT2D eigenvalue weighted by Gasteiger charge is 2.49. The van der Waals surface area contributed by atoms with Gasteiger partial charge in [-0.1, -0.05) is 20.8 Å². The van der Waals surface area contributed by atoms with E-state index < -0.39 is 5.60 Å². The van der Waals surface area contributed by atoms with Gasteiger partial charge in [0.2, 0.25) is 0 Å². The molecule has 0 aliphatic heterocycles. The molecule has 15 heavy (non-hydrogen) atoms. The molecule has 1 saturated carbocycles. The van der Waals surface area contributed by atoms with Gasteiger partial charge in [0.1, 0.15) is 0 Å². The number of allylic oxidation sites excluding steroid dienone is 1. The molecule has 84 valence electrons. The van der Waals surface area contributed by atoms with E-state index in [0.717, 1.165) is 18.4 Å². The van der Waals surface area contributed by atoms with E-state index in [1.165, 1.54) is 0 Å². The van der Waals surface area contributed by atoms with Gasteiger partial charge in [-0.2, -0.15) is 0 Å². The van der Waals surface area contributed by atoms with Gasteiger partial charge in [0.15, 0.2) is 5.78 Å². The SMILES string of the molecule is CC(C)[C@@H]1CC[C@@H](C)[C@]2(O)CC(=O)C=C12. The summed E-state index contributed by atoms with van der Waals surface area (Å²) < 4.78 is 0. The van der Waals surface area contributed by atoms with E-state index >= 15 is 0 Å². The molecule has 2 heteroatoms. The first-order valence-corrected chi connectivity index (χ1v) is 5.92. The Morgan fingerprint density at radius 3 is 2.73 bits per heavy atom. The van der Waals surface area contributed by atoms with Crippen LogP contribution in [0.3, 0.4) is 0 Å². The number of carbonyl (C=O) groups excluding carboxylic acids is 1. The van der Waals surface area contributed by atoms with Gasteiger partial charge >= 0.3 is 0 Å². The van der Waals surface area contributed by atoms with Gasteiger partial charge in [-0.25, -0.2) is 0 Å². The number of carbonyl (C=O) groups is 1. The number of fused-ring (bicyclic) bond motifs is 1. The van der Waals surface area contributed by atoms with Gasteiger partial charge in [-0.05, 0) is 42.2 Å². The maximum Gasteiger partial charge on any atom is 0.158 e. The Bertz CT molecular complexity index is 316. The van der Waals surface area contributed by atoms with E-state index in [-0.39, 0.29) is 11.7 Å². The molecule has 0 saturated heterocycles. The third kappa shape index (κ3) is 1.55. The van der Waals surface area contributed by atoms with Crippen LogP contribution in [0.4, 0.5) is 0 Å². The molecule has 0 spiro atoms. The molecule has 1 fully saturated rings. The molecule has 3 atom stereocenters. The second-order valence-electron chi connectivity index (χ2n) is 5.50. The summed E-state index contributed by atoms with van der Waals surface area (Å²) in [5, 5.41) is 10.6. The van der Waals surface area contributed by atoms with Crippen molar-refractivity contribution in [1.82, 2.24) is 0 Å². The minimum absolute atomic E-state index is 0.104. The quantitative estimate of drug-likeness (QED) is 0.718. The highest BCUT2D eigenvalue weighted by atomic mass is 16.3. The van der Waals surface area contributed by atoms with Gasteiger partial charge in [-0.15, -0.1) is 0 Å². The lowest BCUT2D eigenvalue weighted by molar-refractivity contribution is -0.118. The van der Waals surface area contributed by atoms with E-state index in [0.29, 0.717) is 18.3 Å². The molecule has 0 heterocycles. The molecule has 2 aliphatic rings. The zero-order valence-corrected chi connectivity index (χ0v) is 9.79. The van der Waals surface area contributed by atoms with Crippen LogP contribution in [0.25, 0.3) is 0 Å². The number of aliphatic hydroxyl groups is 1. The van der Waals surface area contributed by atoms with Crippen molar-refractivity contribution >= 4 is 5.78 Å². The van der Waals surface area contributed by atoms with Crippen LogP contribution in [0.15, 0.2) is 11.6 Å². The van der Waals surface area contributed by atoms with E-state index in [1.54, 1.807) is 6.08 Å². The summed E-state index contributed by atoms with van der Waals surface area (Å²) in [6, 6.07) is 0. The molecule has 0 unspecified atom stereocenters. The van der Waals surface area contributed by atoms with Crippen LogP contribution in [-0.4, -0.2) is 16.5 Å². The fourth-order valence-electron chi connectivity index (χ4n) is 3.12. The van der Waals surface area contributed by atoms with Crippen molar-refractivity contribution in [3.05, 3.63) is 11.6 Å². The number of rotatable bonds is 1. The lowest BCUT2D eigenvalue weighted by Crippen LogP contribution is -2.44. The molecular weight excluding hydrogens is 188 g/mol. The molecular formula is C13H20O2. The van der Waals surface area contributed by atoms with Crippen molar-refractivity contribution in [3.63, 3.8) is 0 Å². The molecule has 0 radical (unpaired) electrons. The monoisotopic (exact) mass is 208 g/mol. The van der Waals surface area contributed by atoms with Crippen LogP contribution in [0.1, 0.15) is 40.0 Å². The Morgan fingerprint density at radius 1 is 1.47 bits per heavy atom. The van der Waals surface area contributed by atoms with Crippen molar-refractivity contribution in [3.8, 4) is 0 Å². The van der Waals surface area contributed by atoms with Crippen LogP contribution in [-0.2, 0) is 4.79 Å². The van der Waals surface area contributed by atoms with Crippen molar-refractivity contribution in [2.75, 3.05) is 0 Å². The molecule has 0 aromatic heterocycles. The second kappa shape index (κ2) is 3.44. The number of hydrogen-bond acceptors (Lipinski definition) is 2. The van der Waals surface area contributed by atoms with E-state index in [4.69, 9.17) is 0 Å². The fraction of sp³-hybridized carbons (Fsp3) is 0.769. The Balaban J connectivity index is 2.37. The normalized spacial score (nSPS) is 40.6. The summed E-state index contributed by atoms with van der Waals surface area (Å²) >= 11 is 0. The van der Waals surface area contributed by atoms with Crippen molar-refractivity contribution in [1.29, 1.82) is 0 Å². The minimum Gasteiger partial charge on any atom is -0.385 e. The zero-order valence-electron chi connectivity index (χ0n) is 9.79. The fourth-order valence-corrected chi connectivity index (χ4v) is 3.12. The van der Waals surface area contributed by atoms with Crippen LogP contribution < -0.4 is 0 Å². The van der Waals surface area contributed by atoms with Crippen LogP contribution in [0, 0.1) is 17.8 Å².